The first-order valence-corrected chi connectivity index (χ1v) is 17.7. The summed E-state index contributed by atoms with van der Waals surface area (Å²) in [5.41, 5.74) is -1.80. The smallest absolute Gasteiger partial charge is 0.352 e. The van der Waals surface area contributed by atoms with Gasteiger partial charge in [0.25, 0.3) is 11.1 Å². The van der Waals surface area contributed by atoms with E-state index in [1.807, 2.05) is 0 Å². The van der Waals surface area contributed by atoms with Gasteiger partial charge in [0.15, 0.2) is 0 Å². The quantitative estimate of drug-likeness (QED) is 0.202. The van der Waals surface area contributed by atoms with Gasteiger partial charge in [-0.15, -0.1) is 0 Å². The maximum atomic E-state index is 13.2. The second-order valence-corrected chi connectivity index (χ2v) is 15.4. The molecule has 2 saturated heterocycles. The number of aromatic nitrogens is 4. The molecule has 0 radical (unpaired) electrons. The molecule has 0 aliphatic carbocycles. The highest BCUT2D eigenvalue weighted by Gasteiger charge is 2.43. The lowest BCUT2D eigenvalue weighted by Gasteiger charge is -2.23. The lowest BCUT2D eigenvalue weighted by Crippen LogP contribution is -2.33. The van der Waals surface area contributed by atoms with Gasteiger partial charge in [-0.1, -0.05) is 24.5 Å². The Kier molecular flexibility index (Phi) is 10.1. The van der Waals surface area contributed by atoms with Crippen LogP contribution in [0.5, 0.6) is 0 Å². The van der Waals surface area contributed by atoms with Crippen molar-refractivity contribution in [3.05, 3.63) is 65.2 Å². The number of thiol groups is 2. The number of hydrogen-bond donors (Lipinski definition) is 4. The minimum atomic E-state index is -4.07. The minimum absolute atomic E-state index is 0.0341. The predicted molar refractivity (Wildman–Crippen MR) is 151 cm³/mol. The Hall–Kier alpha value is -1.72. The fraction of sp³-hybridized carbons (Fsp3) is 0.619. The van der Waals surface area contributed by atoms with Crippen molar-refractivity contribution in [2.45, 2.75) is 63.9 Å². The average Bonchev–Trinajstić information content (AvgIpc) is 3.53. The van der Waals surface area contributed by atoms with Crippen LogP contribution in [0.1, 0.15) is 42.8 Å². The normalized spacial score (nSPS) is 27.5. The molecule has 228 valence electrons. The van der Waals surface area contributed by atoms with Crippen molar-refractivity contribution in [2.75, 3.05) is 20.3 Å². The van der Waals surface area contributed by atoms with Crippen LogP contribution in [-0.4, -0.2) is 57.7 Å². The van der Waals surface area contributed by atoms with Crippen molar-refractivity contribution >= 4 is 38.1 Å². The second-order valence-electron chi connectivity index (χ2n) is 9.47. The van der Waals surface area contributed by atoms with Crippen LogP contribution in [-0.2, 0) is 36.7 Å². The molecule has 0 saturated carbocycles. The van der Waals surface area contributed by atoms with Crippen LogP contribution >= 0.6 is 38.1 Å². The van der Waals surface area contributed by atoms with Crippen LogP contribution in [0, 0.1) is 13.8 Å². The van der Waals surface area contributed by atoms with E-state index in [9.17, 15) is 28.3 Å². The molecule has 4 rings (SSSR count). The van der Waals surface area contributed by atoms with Crippen molar-refractivity contribution in [1.29, 1.82) is 0 Å². The summed E-state index contributed by atoms with van der Waals surface area (Å²) in [7, 11) is 1.14. The monoisotopic (exact) mass is 656 g/mol. The standard InChI is InChI=1S/C21H30N4O12P2S2/c1-11-7-24(20(28)22-18(11)26)16-5-4-13(35-16)9-33-39(31,41)37-14-6-17(25-8-12(2)19(27)23-21(25)29)36-15(14)10-34-38(30,40)32-3/h7-8,13-17H,4-6,9-10H2,1-3H3,(H,30,40)(H,31,41)(H,22,26,28)(H,23,27,29)/t13-,14-,15+,16+,17+,38?,39?/m0/s1. The molecule has 2 aliphatic heterocycles. The number of rotatable bonds is 11. The molecule has 0 spiro atoms. The first-order chi connectivity index (χ1) is 19.2. The van der Waals surface area contributed by atoms with Crippen LogP contribution in [0.25, 0.3) is 0 Å². The van der Waals surface area contributed by atoms with Crippen LogP contribution in [0.2, 0.25) is 0 Å². The van der Waals surface area contributed by atoms with E-state index >= 15 is 0 Å². The Morgan fingerprint density at radius 2 is 1.44 bits per heavy atom. The summed E-state index contributed by atoms with van der Waals surface area (Å²) in [5.74, 6) is 0. The van der Waals surface area contributed by atoms with E-state index in [-0.39, 0.29) is 25.2 Å². The maximum Gasteiger partial charge on any atom is 0.386 e. The molecule has 7 atom stereocenters. The molecule has 0 amide bonds. The van der Waals surface area contributed by atoms with Crippen molar-refractivity contribution in [3.8, 4) is 0 Å². The summed E-state index contributed by atoms with van der Waals surface area (Å²) in [6.07, 6.45) is -0.647. The largest absolute Gasteiger partial charge is 0.386 e. The molecule has 16 nitrogen and oxygen atoms in total. The average molecular weight is 657 g/mol. The van der Waals surface area contributed by atoms with E-state index in [2.05, 4.69) is 34.5 Å². The lowest BCUT2D eigenvalue weighted by molar-refractivity contribution is -0.0421. The molecule has 4 heterocycles. The first kappa shape index (κ1) is 32.2. The summed E-state index contributed by atoms with van der Waals surface area (Å²) in [6, 6.07) is 0. The number of nitrogens with one attached hydrogen (secondary N) is 2. The van der Waals surface area contributed by atoms with Gasteiger partial charge in [-0.05, 0) is 26.7 Å². The van der Waals surface area contributed by atoms with Gasteiger partial charge in [-0.3, -0.25) is 42.3 Å². The topological polar surface area (TPSA) is 199 Å². The third kappa shape index (κ3) is 8.02. The SMILES string of the molecule is COP(=O)(S)OC[C@H]1O[C@@H](n2cc(C)c(=O)[nH]c2=O)C[C@@H]1OP(=O)(S)OC[C@@H]1CC[C@H](n2cc(C)c(=O)[nH]c2=O)O1. The first-order valence-electron chi connectivity index (χ1n) is 12.3. The van der Waals surface area contributed by atoms with E-state index in [1.54, 1.807) is 6.92 Å². The number of ether oxygens (including phenoxy) is 2. The molecule has 41 heavy (non-hydrogen) atoms. The fourth-order valence-corrected chi connectivity index (χ4v) is 6.53. The van der Waals surface area contributed by atoms with E-state index in [4.69, 9.17) is 27.6 Å². The van der Waals surface area contributed by atoms with Gasteiger partial charge in [0.1, 0.15) is 24.7 Å². The summed E-state index contributed by atoms with van der Waals surface area (Å²) >= 11 is 7.89. The molecule has 2 unspecified atom stereocenters. The van der Waals surface area contributed by atoms with Gasteiger partial charge in [0.05, 0.1) is 19.3 Å². The van der Waals surface area contributed by atoms with Crippen LogP contribution in [0.15, 0.2) is 31.6 Å². The third-order valence-electron chi connectivity index (χ3n) is 6.50. The Morgan fingerprint density at radius 1 is 0.878 bits per heavy atom. The molecule has 0 aromatic carbocycles. The lowest BCUT2D eigenvalue weighted by atomic mass is 10.2. The molecular formula is C21H30N4O12P2S2. The van der Waals surface area contributed by atoms with Gasteiger partial charge >= 0.3 is 25.0 Å². The van der Waals surface area contributed by atoms with Crippen molar-refractivity contribution < 1.29 is 36.7 Å². The zero-order valence-corrected chi connectivity index (χ0v) is 25.7. The highest BCUT2D eigenvalue weighted by Crippen LogP contribution is 2.57. The zero-order chi connectivity index (χ0) is 30.1. The summed E-state index contributed by atoms with van der Waals surface area (Å²) in [5, 5.41) is 0. The number of H-pyrrole nitrogens is 2. The van der Waals surface area contributed by atoms with Crippen LogP contribution < -0.4 is 22.5 Å². The minimum Gasteiger partial charge on any atom is -0.352 e. The molecule has 2 N–H and O–H groups in total. The molecule has 2 aromatic heterocycles. The number of hydrogen-bond acceptors (Lipinski definition) is 12. The molecule has 0 bridgehead atoms. The Labute approximate surface area is 243 Å². The summed E-state index contributed by atoms with van der Waals surface area (Å²) in [6.45, 7) is -5.29. The van der Waals surface area contributed by atoms with Gasteiger partial charge in [-0.25, -0.2) is 18.7 Å². The van der Waals surface area contributed by atoms with Gasteiger partial charge in [-0.2, -0.15) is 0 Å². The summed E-state index contributed by atoms with van der Waals surface area (Å²) < 4.78 is 60.5. The molecular weight excluding hydrogens is 626 g/mol. The van der Waals surface area contributed by atoms with Gasteiger partial charge in [0, 0.05) is 37.1 Å². The Bertz CT molecular complexity index is 1610. The maximum absolute atomic E-state index is 13.2. The zero-order valence-electron chi connectivity index (χ0n) is 22.2. The Morgan fingerprint density at radius 3 is 2.02 bits per heavy atom. The molecule has 2 aromatic rings. The third-order valence-corrected chi connectivity index (χ3v) is 9.92. The van der Waals surface area contributed by atoms with Crippen LogP contribution in [0.3, 0.4) is 0 Å². The second kappa shape index (κ2) is 12.9. The van der Waals surface area contributed by atoms with E-state index < -0.39 is 66.9 Å². The predicted octanol–water partition coefficient (Wildman–Crippen LogP) is 1.81. The molecule has 20 heteroatoms. The van der Waals surface area contributed by atoms with E-state index in [0.717, 1.165) is 11.7 Å². The van der Waals surface area contributed by atoms with E-state index in [0.29, 0.717) is 18.4 Å². The highest BCUT2D eigenvalue weighted by atomic mass is 32.7. The number of nitrogens with zero attached hydrogens (tertiary/aromatic N) is 2. The van der Waals surface area contributed by atoms with Crippen molar-refractivity contribution in [3.63, 3.8) is 0 Å². The van der Waals surface area contributed by atoms with Gasteiger partial charge in [0.2, 0.25) is 0 Å². The van der Waals surface area contributed by atoms with Crippen molar-refractivity contribution in [2.24, 2.45) is 0 Å². The Balaban J connectivity index is 1.42. The van der Waals surface area contributed by atoms with Crippen molar-refractivity contribution in [1.82, 2.24) is 19.1 Å². The van der Waals surface area contributed by atoms with Gasteiger partial charge < -0.3 is 14.0 Å². The molecule has 2 fully saturated rings. The number of aromatic amines is 2. The molecule has 2 aliphatic rings. The fourth-order valence-electron chi connectivity index (χ4n) is 4.35. The summed E-state index contributed by atoms with van der Waals surface area (Å²) in [4.78, 5) is 52.4. The number of aryl methyl sites for hydroxylation is 2. The highest BCUT2D eigenvalue weighted by molar-refractivity contribution is 8.44. The van der Waals surface area contributed by atoms with Crippen LogP contribution in [0.4, 0.5) is 0 Å². The van der Waals surface area contributed by atoms with E-state index in [1.165, 1.54) is 23.9 Å².